The largest absolute Gasteiger partial charge is 0.464 e. The van der Waals surface area contributed by atoms with Gasteiger partial charge in [-0.1, -0.05) is 51.1 Å². The summed E-state index contributed by atoms with van der Waals surface area (Å²) in [5.41, 5.74) is -1.01. The van der Waals surface area contributed by atoms with Gasteiger partial charge in [-0.3, -0.25) is 9.59 Å². The molecule has 0 atom stereocenters. The topological polar surface area (TPSA) is 121 Å². The number of aromatic nitrogens is 4. The third-order valence-electron chi connectivity index (χ3n) is 4.02. The molecule has 0 unspecified atom stereocenters. The summed E-state index contributed by atoms with van der Waals surface area (Å²) in [7, 11) is 0. The fourth-order valence-corrected chi connectivity index (χ4v) is 2.74. The van der Waals surface area contributed by atoms with Gasteiger partial charge in [-0.25, -0.2) is 14.3 Å². The maximum absolute atomic E-state index is 12.8. The van der Waals surface area contributed by atoms with E-state index in [1.165, 1.54) is 12.4 Å². The van der Waals surface area contributed by atoms with Gasteiger partial charge in [0.2, 0.25) is 0 Å². The highest BCUT2D eigenvalue weighted by Gasteiger charge is 2.20. The predicted octanol–water partition coefficient (Wildman–Crippen LogP) is 0.741. The number of benzene rings is 1. The van der Waals surface area contributed by atoms with Crippen molar-refractivity contribution in [3.8, 4) is 0 Å². The van der Waals surface area contributed by atoms with Gasteiger partial charge in [-0.15, -0.1) is 0 Å². The van der Waals surface area contributed by atoms with Crippen molar-refractivity contribution in [3.05, 3.63) is 85.0 Å². The van der Waals surface area contributed by atoms with Crippen LogP contribution < -0.4 is 21.8 Å². The number of hydrogen-bond acceptors (Lipinski definition) is 4. The lowest BCUT2D eigenvalue weighted by Gasteiger charge is -2.16. The Kier molecular flexibility index (Phi) is 4.52. The first kappa shape index (κ1) is 17.7. The molecule has 0 spiro atoms. The van der Waals surface area contributed by atoms with Crippen molar-refractivity contribution in [2.45, 2.75) is 26.2 Å². The molecule has 2 aromatic heterocycles. The standard InChI is InChI=1S/C20H20N4O4/c1-20(2,3)16-13(21-11-22-16)10-15-17(25)23-14(18(26)24(15)19(27)28)9-12-7-5-4-6-8-12/h4-11H,1-3H3,(H,21,22)(H,23,25)(H,27,28)/b14-9-,15-10-/i10D. The molecule has 3 N–H and O–H groups in total. The molecule has 0 amide bonds. The SMILES string of the molecule is [2H]/C(c1[nH]cnc1C(C)(C)C)=c1\c(=O)[nH]/c(=C\c2ccccc2)c(=O)n1C(=O)O. The van der Waals surface area contributed by atoms with Crippen LogP contribution >= 0.6 is 0 Å². The molecule has 0 saturated heterocycles. The monoisotopic (exact) mass is 381 g/mol. The Morgan fingerprint density at radius 2 is 1.93 bits per heavy atom. The third-order valence-corrected chi connectivity index (χ3v) is 4.02. The van der Waals surface area contributed by atoms with Crippen LogP contribution in [0.5, 0.6) is 0 Å². The second-order valence-corrected chi connectivity index (χ2v) is 7.20. The van der Waals surface area contributed by atoms with E-state index >= 15 is 0 Å². The molecule has 0 saturated carbocycles. The van der Waals surface area contributed by atoms with E-state index in [2.05, 4.69) is 15.0 Å². The molecule has 0 fully saturated rings. The van der Waals surface area contributed by atoms with Crippen molar-refractivity contribution in [1.29, 1.82) is 0 Å². The fourth-order valence-electron chi connectivity index (χ4n) is 2.74. The first-order valence-electron chi connectivity index (χ1n) is 9.02. The van der Waals surface area contributed by atoms with E-state index in [0.717, 1.165) is 0 Å². The van der Waals surface area contributed by atoms with Gasteiger partial charge in [0.05, 0.1) is 19.1 Å². The molecule has 8 nitrogen and oxygen atoms in total. The van der Waals surface area contributed by atoms with Crippen molar-refractivity contribution < 1.29 is 11.3 Å². The molecule has 28 heavy (non-hydrogen) atoms. The first-order chi connectivity index (χ1) is 13.6. The van der Waals surface area contributed by atoms with E-state index in [1.807, 2.05) is 20.8 Å². The number of nitrogens with one attached hydrogen (secondary N) is 2. The van der Waals surface area contributed by atoms with E-state index in [1.54, 1.807) is 30.3 Å². The molecule has 0 radical (unpaired) electrons. The van der Waals surface area contributed by atoms with Crippen LogP contribution in [0.4, 0.5) is 4.79 Å². The van der Waals surface area contributed by atoms with E-state index in [-0.39, 0.29) is 11.0 Å². The average molecular weight is 381 g/mol. The zero-order valence-electron chi connectivity index (χ0n) is 16.6. The number of carboxylic acid groups (broad SMARTS) is 1. The van der Waals surface area contributed by atoms with E-state index < -0.39 is 34.0 Å². The molecule has 0 bridgehead atoms. The van der Waals surface area contributed by atoms with Crippen LogP contribution in [0, 0.1) is 0 Å². The quantitative estimate of drug-likeness (QED) is 0.605. The molecular weight excluding hydrogens is 360 g/mol. The van der Waals surface area contributed by atoms with E-state index in [4.69, 9.17) is 1.37 Å². The molecule has 3 rings (SSSR count). The van der Waals surface area contributed by atoms with Gasteiger partial charge < -0.3 is 15.1 Å². The normalized spacial score (nSPS) is 14.0. The fraction of sp³-hybridized carbons (Fsp3) is 0.200. The minimum atomic E-state index is -1.65. The van der Waals surface area contributed by atoms with Gasteiger partial charge in [0.25, 0.3) is 11.1 Å². The molecule has 3 aromatic rings. The van der Waals surface area contributed by atoms with Crippen molar-refractivity contribution in [3.63, 3.8) is 0 Å². The molecule has 8 heteroatoms. The highest BCUT2D eigenvalue weighted by Crippen LogP contribution is 2.22. The zero-order valence-corrected chi connectivity index (χ0v) is 15.6. The second kappa shape index (κ2) is 7.15. The number of H-pyrrole nitrogens is 2. The highest BCUT2D eigenvalue weighted by molar-refractivity contribution is 5.69. The van der Waals surface area contributed by atoms with Gasteiger partial charge in [-0.05, 0) is 17.7 Å². The molecule has 0 aliphatic rings. The maximum atomic E-state index is 12.8. The van der Waals surface area contributed by atoms with Crippen LogP contribution in [0.25, 0.3) is 12.1 Å². The highest BCUT2D eigenvalue weighted by atomic mass is 16.4. The molecule has 144 valence electrons. The summed E-state index contributed by atoms with van der Waals surface area (Å²) in [5.74, 6) is 0. The summed E-state index contributed by atoms with van der Waals surface area (Å²) in [6, 6.07) is 8.26. The van der Waals surface area contributed by atoms with Crippen molar-refractivity contribution in [2.24, 2.45) is 0 Å². The molecule has 2 heterocycles. The predicted molar refractivity (Wildman–Crippen MR) is 105 cm³/mol. The average Bonchev–Trinajstić information content (AvgIpc) is 3.14. The lowest BCUT2D eigenvalue weighted by atomic mass is 9.90. The molecule has 0 aliphatic carbocycles. The lowest BCUT2D eigenvalue weighted by Crippen LogP contribution is -2.55. The van der Waals surface area contributed by atoms with Crippen molar-refractivity contribution >= 4 is 18.2 Å². The number of imidazole rings is 1. The summed E-state index contributed by atoms with van der Waals surface area (Å²) in [4.78, 5) is 46.7. The zero-order chi connectivity index (χ0) is 21.3. The van der Waals surface area contributed by atoms with Crippen LogP contribution in [0.3, 0.4) is 0 Å². The van der Waals surface area contributed by atoms with Gasteiger partial charge >= 0.3 is 6.09 Å². The summed E-state index contributed by atoms with van der Waals surface area (Å²) >= 11 is 0. The summed E-state index contributed by atoms with van der Waals surface area (Å²) in [6.07, 6.45) is 1.09. The van der Waals surface area contributed by atoms with Crippen molar-refractivity contribution in [1.82, 2.24) is 19.5 Å². The van der Waals surface area contributed by atoms with Gasteiger partial charge in [-0.2, -0.15) is 0 Å². The van der Waals surface area contributed by atoms with Crippen LogP contribution in [-0.2, 0) is 5.41 Å². The van der Waals surface area contributed by atoms with Gasteiger partial charge in [0.1, 0.15) is 10.7 Å². The first-order valence-corrected chi connectivity index (χ1v) is 8.52. The van der Waals surface area contributed by atoms with Crippen LogP contribution in [0.2, 0.25) is 0 Å². The maximum Gasteiger partial charge on any atom is 0.419 e. The Morgan fingerprint density at radius 1 is 1.25 bits per heavy atom. The van der Waals surface area contributed by atoms with E-state index in [9.17, 15) is 19.5 Å². The third kappa shape index (κ3) is 3.71. The minimum Gasteiger partial charge on any atom is -0.464 e. The smallest absolute Gasteiger partial charge is 0.419 e. The summed E-state index contributed by atoms with van der Waals surface area (Å²) in [5, 5.41) is 8.84. The van der Waals surface area contributed by atoms with Crippen molar-refractivity contribution in [2.75, 3.05) is 0 Å². The van der Waals surface area contributed by atoms with Crippen LogP contribution in [-0.4, -0.2) is 30.7 Å². The number of hydrogen-bond donors (Lipinski definition) is 3. The van der Waals surface area contributed by atoms with E-state index in [0.29, 0.717) is 15.8 Å². The van der Waals surface area contributed by atoms with Gasteiger partial charge in [0.15, 0.2) is 0 Å². The Morgan fingerprint density at radius 3 is 2.54 bits per heavy atom. The lowest BCUT2D eigenvalue weighted by molar-refractivity contribution is 0.194. The second-order valence-electron chi connectivity index (χ2n) is 7.20. The molecule has 0 aliphatic heterocycles. The Labute approximate surface area is 160 Å². The Balaban J connectivity index is 2.43. The Hall–Kier alpha value is -3.68. The number of rotatable bonds is 2. The summed E-state index contributed by atoms with van der Waals surface area (Å²) in [6.45, 7) is 5.60. The Bertz CT molecular complexity index is 1310. The number of nitrogens with zero attached hydrogens (tertiary/aromatic N) is 2. The molecule has 1 aromatic carbocycles. The molecular formula is C20H20N4O4. The summed E-state index contributed by atoms with van der Waals surface area (Å²) < 4.78 is 8.74. The number of carbonyl (C=O) groups is 1. The van der Waals surface area contributed by atoms with Crippen LogP contribution in [0.1, 0.15) is 39.1 Å². The van der Waals surface area contributed by atoms with Gasteiger partial charge in [0, 0.05) is 5.41 Å². The minimum absolute atomic E-state index is 0.178. The number of aromatic amines is 2. The van der Waals surface area contributed by atoms with Crippen LogP contribution in [0.15, 0.2) is 46.2 Å².